The summed E-state index contributed by atoms with van der Waals surface area (Å²) in [6.45, 7) is 7.87. The number of piperazine rings is 1. The highest BCUT2D eigenvalue weighted by atomic mass is 32.2. The summed E-state index contributed by atoms with van der Waals surface area (Å²) in [5, 5.41) is 4.06. The summed E-state index contributed by atoms with van der Waals surface area (Å²) in [5.41, 5.74) is 5.00. The van der Waals surface area contributed by atoms with Crippen molar-refractivity contribution in [2.75, 3.05) is 50.7 Å². The highest BCUT2D eigenvalue weighted by Crippen LogP contribution is 2.31. The Hall–Kier alpha value is -3.31. The monoisotopic (exact) mass is 575 g/mol. The number of aromatic nitrogens is 1. The molecule has 1 aromatic heterocycles. The number of sulfonamides is 1. The molecule has 40 heavy (non-hydrogen) atoms. The first-order chi connectivity index (χ1) is 19.4. The van der Waals surface area contributed by atoms with Crippen molar-refractivity contribution in [1.82, 2.24) is 19.5 Å². The second-order valence-electron chi connectivity index (χ2n) is 10.4. The molecule has 0 saturated carbocycles. The minimum Gasteiger partial charge on any atom is -0.351 e. The van der Waals surface area contributed by atoms with E-state index in [2.05, 4.69) is 46.3 Å². The van der Waals surface area contributed by atoms with E-state index in [9.17, 15) is 13.2 Å². The number of nitrogens with zero attached hydrogens (tertiary/aromatic N) is 4. The van der Waals surface area contributed by atoms with Gasteiger partial charge in [-0.2, -0.15) is 4.31 Å². The minimum atomic E-state index is -3.63. The van der Waals surface area contributed by atoms with Crippen molar-refractivity contribution in [3.05, 3.63) is 89.0 Å². The third kappa shape index (κ3) is 5.49. The van der Waals surface area contributed by atoms with Crippen LogP contribution in [0.5, 0.6) is 0 Å². The van der Waals surface area contributed by atoms with Gasteiger partial charge in [-0.05, 0) is 60.4 Å². The fraction of sp³-hybridized carbons (Fsp3) is 0.333. The van der Waals surface area contributed by atoms with Gasteiger partial charge in [-0.1, -0.05) is 47.7 Å². The van der Waals surface area contributed by atoms with Gasteiger partial charge < -0.3 is 10.2 Å². The number of benzene rings is 3. The molecule has 2 aliphatic heterocycles. The topological polar surface area (TPSA) is 85.8 Å². The Balaban J connectivity index is 0.981. The molecule has 208 valence electrons. The number of thiazole rings is 1. The van der Waals surface area contributed by atoms with Crippen molar-refractivity contribution >= 4 is 42.6 Å². The van der Waals surface area contributed by atoms with Crippen LogP contribution < -0.4 is 10.2 Å². The zero-order chi connectivity index (χ0) is 27.7. The maximum Gasteiger partial charge on any atom is 0.251 e. The molecule has 1 amide bonds. The van der Waals surface area contributed by atoms with E-state index in [0.717, 1.165) is 48.9 Å². The predicted molar refractivity (Wildman–Crippen MR) is 160 cm³/mol. The smallest absolute Gasteiger partial charge is 0.251 e. The number of para-hydroxylation sites is 1. The Labute approximate surface area is 239 Å². The molecular formula is C30H33N5O3S2. The lowest BCUT2D eigenvalue weighted by Crippen LogP contribution is -2.48. The Kier molecular flexibility index (Phi) is 7.59. The third-order valence-corrected chi connectivity index (χ3v) is 10.8. The van der Waals surface area contributed by atoms with Crippen molar-refractivity contribution in [3.63, 3.8) is 0 Å². The maximum absolute atomic E-state index is 13.2. The van der Waals surface area contributed by atoms with Gasteiger partial charge in [0, 0.05) is 57.9 Å². The summed E-state index contributed by atoms with van der Waals surface area (Å²) < 4.78 is 29.2. The number of anilines is 1. The molecule has 0 bridgehead atoms. The first-order valence-corrected chi connectivity index (χ1v) is 15.9. The number of hydrogen-bond acceptors (Lipinski definition) is 7. The summed E-state index contributed by atoms with van der Waals surface area (Å²) in [4.78, 5) is 22.5. The van der Waals surface area contributed by atoms with Crippen LogP contribution in [0, 0.1) is 6.92 Å². The predicted octanol–water partition coefficient (Wildman–Crippen LogP) is 3.90. The molecular weight excluding hydrogens is 542 g/mol. The van der Waals surface area contributed by atoms with Gasteiger partial charge in [-0.25, -0.2) is 13.4 Å². The first-order valence-electron chi connectivity index (χ1n) is 13.7. The van der Waals surface area contributed by atoms with Crippen LogP contribution in [0.3, 0.4) is 0 Å². The zero-order valence-electron chi connectivity index (χ0n) is 22.5. The number of fused-ring (bicyclic) bond motifs is 2. The zero-order valence-corrected chi connectivity index (χ0v) is 24.2. The second kappa shape index (κ2) is 11.3. The van der Waals surface area contributed by atoms with Crippen LogP contribution in [0.2, 0.25) is 0 Å². The van der Waals surface area contributed by atoms with Gasteiger partial charge in [0.15, 0.2) is 5.13 Å². The lowest BCUT2D eigenvalue weighted by molar-refractivity contribution is 0.0947. The molecule has 1 saturated heterocycles. The fourth-order valence-electron chi connectivity index (χ4n) is 5.40. The third-order valence-electron chi connectivity index (χ3n) is 7.82. The Morgan fingerprint density at radius 1 is 0.925 bits per heavy atom. The molecule has 1 fully saturated rings. The lowest BCUT2D eigenvalue weighted by Gasteiger charge is -2.34. The van der Waals surface area contributed by atoms with Crippen molar-refractivity contribution in [2.24, 2.45) is 0 Å². The van der Waals surface area contributed by atoms with Crippen LogP contribution >= 0.6 is 11.3 Å². The summed E-state index contributed by atoms with van der Waals surface area (Å²) in [5.74, 6) is -0.195. The standard InChI is InChI=1S/C30H33N5O3S2/c1-22-5-4-8-27-28(22)32-30(39-27)34-19-17-33(18-20-34)16-14-31-29(36)24-9-11-26(12-10-24)40(37,38)35-15-13-23-6-2-3-7-25(23)21-35/h2-12H,13-21H2,1H3,(H,31,36). The van der Waals surface area contributed by atoms with Gasteiger partial charge >= 0.3 is 0 Å². The number of carbonyl (C=O) groups is 1. The molecule has 4 aromatic rings. The van der Waals surface area contributed by atoms with E-state index < -0.39 is 10.0 Å². The van der Waals surface area contributed by atoms with Crippen molar-refractivity contribution < 1.29 is 13.2 Å². The molecule has 1 N–H and O–H groups in total. The van der Waals surface area contributed by atoms with Crippen LogP contribution in [-0.2, 0) is 23.0 Å². The minimum absolute atomic E-state index is 0.195. The number of nitrogens with one attached hydrogen (secondary N) is 1. The van der Waals surface area contributed by atoms with E-state index in [1.807, 2.05) is 18.2 Å². The van der Waals surface area contributed by atoms with Gasteiger partial charge in [0.2, 0.25) is 10.0 Å². The highest BCUT2D eigenvalue weighted by Gasteiger charge is 2.28. The van der Waals surface area contributed by atoms with Crippen molar-refractivity contribution in [2.45, 2.75) is 24.8 Å². The first kappa shape index (κ1) is 26.9. The quantitative estimate of drug-likeness (QED) is 0.360. The van der Waals surface area contributed by atoms with Crippen LogP contribution in [0.15, 0.2) is 71.6 Å². The number of carbonyl (C=O) groups excluding carboxylic acids is 1. The fourth-order valence-corrected chi connectivity index (χ4v) is 7.92. The maximum atomic E-state index is 13.2. The highest BCUT2D eigenvalue weighted by molar-refractivity contribution is 7.89. The molecule has 0 unspecified atom stereocenters. The largest absolute Gasteiger partial charge is 0.351 e. The van der Waals surface area contributed by atoms with E-state index in [1.165, 1.54) is 32.3 Å². The Morgan fingerprint density at radius 2 is 1.68 bits per heavy atom. The molecule has 8 nitrogen and oxygen atoms in total. The van der Waals surface area contributed by atoms with E-state index in [0.29, 0.717) is 31.6 Å². The molecule has 0 radical (unpaired) electrons. The molecule has 2 aliphatic rings. The molecule has 3 aromatic carbocycles. The van der Waals surface area contributed by atoms with Gasteiger partial charge in [0.05, 0.1) is 15.1 Å². The van der Waals surface area contributed by atoms with Gasteiger partial charge in [0.25, 0.3) is 5.91 Å². The van der Waals surface area contributed by atoms with Gasteiger partial charge in [0.1, 0.15) is 0 Å². The number of aryl methyl sites for hydroxylation is 1. The average Bonchev–Trinajstić information content (AvgIpc) is 3.43. The summed E-state index contributed by atoms with van der Waals surface area (Å²) >= 11 is 1.75. The van der Waals surface area contributed by atoms with E-state index in [-0.39, 0.29) is 10.8 Å². The van der Waals surface area contributed by atoms with Gasteiger partial charge in [-0.3, -0.25) is 9.69 Å². The van der Waals surface area contributed by atoms with Crippen LogP contribution in [0.25, 0.3) is 10.2 Å². The molecule has 10 heteroatoms. The molecule has 0 atom stereocenters. The Bertz CT molecular complexity index is 1630. The SMILES string of the molecule is Cc1cccc2sc(N3CCN(CCNC(=O)c4ccc(S(=O)(=O)N5CCc6ccccc6C5)cc4)CC3)nc12. The molecule has 0 spiro atoms. The molecule has 0 aliphatic carbocycles. The van der Waals surface area contributed by atoms with Crippen molar-refractivity contribution in [3.8, 4) is 0 Å². The summed E-state index contributed by atoms with van der Waals surface area (Å²) in [6, 6.07) is 20.5. The number of amides is 1. The average molecular weight is 576 g/mol. The number of rotatable bonds is 7. The second-order valence-corrected chi connectivity index (χ2v) is 13.3. The van der Waals surface area contributed by atoms with E-state index >= 15 is 0 Å². The molecule has 6 rings (SSSR count). The van der Waals surface area contributed by atoms with Gasteiger partial charge in [-0.15, -0.1) is 0 Å². The van der Waals surface area contributed by atoms with E-state index in [4.69, 9.17) is 4.98 Å². The van der Waals surface area contributed by atoms with Crippen molar-refractivity contribution in [1.29, 1.82) is 0 Å². The van der Waals surface area contributed by atoms with Crippen LogP contribution in [0.4, 0.5) is 5.13 Å². The Morgan fingerprint density at radius 3 is 2.42 bits per heavy atom. The summed E-state index contributed by atoms with van der Waals surface area (Å²) in [6.07, 6.45) is 0.701. The normalized spacial score (nSPS) is 16.7. The number of hydrogen-bond donors (Lipinski definition) is 1. The van der Waals surface area contributed by atoms with E-state index in [1.54, 1.807) is 23.5 Å². The van der Waals surface area contributed by atoms with Crippen LogP contribution in [0.1, 0.15) is 27.0 Å². The van der Waals surface area contributed by atoms with Crippen LogP contribution in [-0.4, -0.2) is 74.3 Å². The molecule has 3 heterocycles. The summed E-state index contributed by atoms with van der Waals surface area (Å²) in [7, 11) is -3.63. The lowest BCUT2D eigenvalue weighted by atomic mass is 10.0.